The summed E-state index contributed by atoms with van der Waals surface area (Å²) in [5.41, 5.74) is 2.75. The van der Waals surface area contributed by atoms with Gasteiger partial charge < -0.3 is 4.74 Å². The molecule has 2 rings (SSSR count). The van der Waals surface area contributed by atoms with Crippen molar-refractivity contribution in [2.24, 2.45) is 0 Å². The standard InChI is InChI=1S/C17H19Cl2NO3S/c1-12-3-6-17(13(2)9-12)23-8-7-20-24(21,22)11-14-4-5-15(18)16(19)10-14/h3-6,9-10,20H,7-8,11H2,1-2H3. The van der Waals surface area contributed by atoms with E-state index in [4.69, 9.17) is 27.9 Å². The third-order valence-electron chi connectivity index (χ3n) is 3.35. The van der Waals surface area contributed by atoms with E-state index in [-0.39, 0.29) is 18.9 Å². The number of hydrogen-bond donors (Lipinski definition) is 1. The van der Waals surface area contributed by atoms with E-state index < -0.39 is 10.0 Å². The van der Waals surface area contributed by atoms with E-state index in [2.05, 4.69) is 4.72 Å². The molecule has 0 amide bonds. The molecule has 130 valence electrons. The Morgan fingerprint density at radius 2 is 1.79 bits per heavy atom. The van der Waals surface area contributed by atoms with Gasteiger partial charge in [-0.2, -0.15) is 0 Å². The fourth-order valence-electron chi connectivity index (χ4n) is 2.22. The van der Waals surface area contributed by atoms with Gasteiger partial charge in [-0.15, -0.1) is 0 Å². The lowest BCUT2D eigenvalue weighted by atomic mass is 10.1. The average Bonchev–Trinajstić information content (AvgIpc) is 2.49. The molecule has 2 aromatic carbocycles. The van der Waals surface area contributed by atoms with Gasteiger partial charge in [0.05, 0.1) is 15.8 Å². The highest BCUT2D eigenvalue weighted by molar-refractivity contribution is 7.88. The van der Waals surface area contributed by atoms with Gasteiger partial charge in [-0.05, 0) is 43.2 Å². The summed E-state index contributed by atoms with van der Waals surface area (Å²) in [6.45, 7) is 4.41. The van der Waals surface area contributed by atoms with Crippen LogP contribution in [0.15, 0.2) is 36.4 Å². The van der Waals surface area contributed by atoms with Crippen LogP contribution in [0.4, 0.5) is 0 Å². The van der Waals surface area contributed by atoms with E-state index in [1.165, 1.54) is 0 Å². The van der Waals surface area contributed by atoms with Crippen LogP contribution >= 0.6 is 23.2 Å². The summed E-state index contributed by atoms with van der Waals surface area (Å²) in [4.78, 5) is 0. The smallest absolute Gasteiger partial charge is 0.215 e. The Balaban J connectivity index is 1.85. The van der Waals surface area contributed by atoms with Gasteiger partial charge in [-0.1, -0.05) is 47.0 Å². The van der Waals surface area contributed by atoms with Crippen molar-refractivity contribution in [3.8, 4) is 5.75 Å². The normalized spacial score (nSPS) is 11.5. The van der Waals surface area contributed by atoms with Crippen LogP contribution in [0.5, 0.6) is 5.75 Å². The van der Waals surface area contributed by atoms with Crippen molar-refractivity contribution in [1.82, 2.24) is 4.72 Å². The summed E-state index contributed by atoms with van der Waals surface area (Å²) in [7, 11) is -3.47. The van der Waals surface area contributed by atoms with Crippen LogP contribution in [0.3, 0.4) is 0 Å². The molecule has 0 aliphatic rings. The first kappa shape index (κ1) is 19.1. The highest BCUT2D eigenvalue weighted by Gasteiger charge is 2.12. The van der Waals surface area contributed by atoms with Crippen molar-refractivity contribution in [1.29, 1.82) is 0 Å². The topological polar surface area (TPSA) is 55.4 Å². The Hall–Kier alpha value is -1.27. The predicted octanol–water partition coefficient (Wildman–Crippen LogP) is 4.11. The van der Waals surface area contributed by atoms with Gasteiger partial charge in [0.2, 0.25) is 10.0 Å². The summed E-state index contributed by atoms with van der Waals surface area (Å²) in [6, 6.07) is 10.6. The van der Waals surface area contributed by atoms with Gasteiger partial charge in [0.15, 0.2) is 0 Å². The van der Waals surface area contributed by atoms with Crippen LogP contribution in [0.25, 0.3) is 0 Å². The Kier molecular flexibility index (Phi) is 6.52. The summed E-state index contributed by atoms with van der Waals surface area (Å²) in [5.74, 6) is 0.595. The number of aryl methyl sites for hydroxylation is 2. The van der Waals surface area contributed by atoms with Gasteiger partial charge in [-0.25, -0.2) is 13.1 Å². The summed E-state index contributed by atoms with van der Waals surface area (Å²) in [5, 5.41) is 0.732. The van der Waals surface area contributed by atoms with Crippen molar-refractivity contribution in [2.75, 3.05) is 13.2 Å². The summed E-state index contributed by atoms with van der Waals surface area (Å²) < 4.78 is 32.3. The quantitative estimate of drug-likeness (QED) is 0.727. The molecule has 0 heterocycles. The number of nitrogens with one attached hydrogen (secondary N) is 1. The van der Waals surface area contributed by atoms with Crippen molar-refractivity contribution in [3.63, 3.8) is 0 Å². The molecule has 0 aliphatic heterocycles. The summed E-state index contributed by atoms with van der Waals surface area (Å²) in [6.07, 6.45) is 0. The van der Waals surface area contributed by atoms with Crippen molar-refractivity contribution in [3.05, 3.63) is 63.1 Å². The van der Waals surface area contributed by atoms with Crippen molar-refractivity contribution >= 4 is 33.2 Å². The first-order valence-electron chi connectivity index (χ1n) is 7.38. The number of hydrogen-bond acceptors (Lipinski definition) is 3. The Bertz CT molecular complexity index is 823. The maximum Gasteiger partial charge on any atom is 0.215 e. The third-order valence-corrected chi connectivity index (χ3v) is 5.45. The number of benzene rings is 2. The van der Waals surface area contributed by atoms with E-state index in [0.29, 0.717) is 15.6 Å². The number of ether oxygens (including phenoxy) is 1. The minimum absolute atomic E-state index is 0.159. The van der Waals surface area contributed by atoms with Crippen LogP contribution in [-0.2, 0) is 15.8 Å². The predicted molar refractivity (Wildman–Crippen MR) is 98.5 cm³/mol. The van der Waals surface area contributed by atoms with Gasteiger partial charge >= 0.3 is 0 Å². The van der Waals surface area contributed by atoms with Crippen molar-refractivity contribution in [2.45, 2.75) is 19.6 Å². The molecular formula is C17H19Cl2NO3S. The molecule has 0 spiro atoms. The fraction of sp³-hybridized carbons (Fsp3) is 0.294. The molecule has 7 heteroatoms. The first-order valence-corrected chi connectivity index (χ1v) is 9.79. The van der Waals surface area contributed by atoms with E-state index >= 15 is 0 Å². The Labute approximate surface area is 152 Å². The molecular weight excluding hydrogens is 369 g/mol. The van der Waals surface area contributed by atoms with Gasteiger partial charge in [0.25, 0.3) is 0 Å². The molecule has 24 heavy (non-hydrogen) atoms. The molecule has 0 saturated carbocycles. The molecule has 4 nitrogen and oxygen atoms in total. The molecule has 0 bridgehead atoms. The second-order valence-electron chi connectivity index (χ2n) is 5.52. The van der Waals surface area contributed by atoms with E-state index in [1.807, 2.05) is 32.0 Å². The molecule has 0 aromatic heterocycles. The zero-order chi connectivity index (χ0) is 17.7. The zero-order valence-corrected chi connectivity index (χ0v) is 15.8. The Morgan fingerprint density at radius 1 is 1.04 bits per heavy atom. The maximum absolute atomic E-state index is 12.1. The van der Waals surface area contributed by atoms with Crippen LogP contribution in [0.1, 0.15) is 16.7 Å². The number of rotatable bonds is 7. The van der Waals surface area contributed by atoms with E-state index in [9.17, 15) is 8.42 Å². The molecule has 0 atom stereocenters. The van der Waals surface area contributed by atoms with E-state index in [1.54, 1.807) is 18.2 Å². The minimum Gasteiger partial charge on any atom is -0.492 e. The second kappa shape index (κ2) is 8.21. The highest BCUT2D eigenvalue weighted by atomic mass is 35.5. The molecule has 0 fully saturated rings. The first-order chi connectivity index (χ1) is 11.3. The van der Waals surface area contributed by atoms with Gasteiger partial charge in [-0.3, -0.25) is 0 Å². The number of sulfonamides is 1. The van der Waals surface area contributed by atoms with Gasteiger partial charge in [0, 0.05) is 6.54 Å². The largest absolute Gasteiger partial charge is 0.492 e. The van der Waals surface area contributed by atoms with Crippen LogP contribution in [0, 0.1) is 13.8 Å². The fourth-order valence-corrected chi connectivity index (χ4v) is 3.65. The molecule has 0 radical (unpaired) electrons. The maximum atomic E-state index is 12.1. The van der Waals surface area contributed by atoms with Crippen LogP contribution in [0.2, 0.25) is 10.0 Å². The number of halogens is 2. The molecule has 0 aliphatic carbocycles. The zero-order valence-electron chi connectivity index (χ0n) is 13.5. The Morgan fingerprint density at radius 3 is 2.46 bits per heavy atom. The average molecular weight is 388 g/mol. The third kappa shape index (κ3) is 5.67. The molecule has 2 aromatic rings. The highest BCUT2D eigenvalue weighted by Crippen LogP contribution is 2.23. The van der Waals surface area contributed by atoms with Crippen LogP contribution < -0.4 is 9.46 Å². The SMILES string of the molecule is Cc1ccc(OCCNS(=O)(=O)Cc2ccc(Cl)c(Cl)c2)c(C)c1. The van der Waals surface area contributed by atoms with Crippen LogP contribution in [-0.4, -0.2) is 21.6 Å². The van der Waals surface area contributed by atoms with Crippen molar-refractivity contribution < 1.29 is 13.2 Å². The van der Waals surface area contributed by atoms with Gasteiger partial charge in [0.1, 0.15) is 12.4 Å². The molecule has 0 saturated heterocycles. The molecule has 1 N–H and O–H groups in total. The second-order valence-corrected chi connectivity index (χ2v) is 8.14. The lowest BCUT2D eigenvalue weighted by molar-refractivity contribution is 0.320. The van der Waals surface area contributed by atoms with E-state index in [0.717, 1.165) is 16.9 Å². The lowest BCUT2D eigenvalue weighted by Crippen LogP contribution is -2.29. The summed E-state index contributed by atoms with van der Waals surface area (Å²) >= 11 is 11.7. The molecule has 0 unspecified atom stereocenters. The minimum atomic E-state index is -3.47. The monoisotopic (exact) mass is 387 g/mol. The lowest BCUT2D eigenvalue weighted by Gasteiger charge is -2.11.